The third-order valence-corrected chi connectivity index (χ3v) is 4.59. The first-order valence-electron chi connectivity index (χ1n) is 8.77. The summed E-state index contributed by atoms with van der Waals surface area (Å²) in [4.78, 5) is 23.5. The molecule has 6 nitrogen and oxygen atoms in total. The number of ether oxygens (including phenoxy) is 1. The molecule has 1 N–H and O–H groups in total. The summed E-state index contributed by atoms with van der Waals surface area (Å²) in [7, 11) is 1.61. The highest BCUT2D eigenvalue weighted by Crippen LogP contribution is 2.26. The number of rotatable bonds is 5. The van der Waals surface area contributed by atoms with Crippen molar-refractivity contribution < 1.29 is 9.53 Å². The van der Waals surface area contributed by atoms with E-state index in [0.29, 0.717) is 23.4 Å². The van der Waals surface area contributed by atoms with Crippen LogP contribution in [-0.2, 0) is 0 Å². The Morgan fingerprint density at radius 2 is 2.16 bits per heavy atom. The van der Waals surface area contributed by atoms with Gasteiger partial charge in [-0.15, -0.1) is 0 Å². The van der Waals surface area contributed by atoms with Crippen LogP contribution in [0.25, 0.3) is 0 Å². The summed E-state index contributed by atoms with van der Waals surface area (Å²) < 4.78 is 5.33. The van der Waals surface area contributed by atoms with E-state index >= 15 is 0 Å². The van der Waals surface area contributed by atoms with Crippen LogP contribution in [0.4, 0.5) is 11.6 Å². The lowest BCUT2D eigenvalue weighted by atomic mass is 9.99. The Bertz CT molecular complexity index is 735. The average Bonchev–Trinajstić information content (AvgIpc) is 2.68. The van der Waals surface area contributed by atoms with E-state index in [2.05, 4.69) is 22.2 Å². The van der Waals surface area contributed by atoms with Crippen molar-refractivity contribution in [1.82, 2.24) is 14.9 Å². The number of carbonyl (C=O) groups is 1. The number of piperidine rings is 1. The molecule has 0 aliphatic carbocycles. The lowest BCUT2D eigenvalue weighted by Crippen LogP contribution is -2.43. The fourth-order valence-corrected chi connectivity index (χ4v) is 3.25. The summed E-state index contributed by atoms with van der Waals surface area (Å²) in [5, 5.41) is 3.13. The minimum Gasteiger partial charge on any atom is -0.495 e. The van der Waals surface area contributed by atoms with Gasteiger partial charge in [0.1, 0.15) is 11.4 Å². The van der Waals surface area contributed by atoms with Gasteiger partial charge in [0, 0.05) is 18.8 Å². The summed E-state index contributed by atoms with van der Waals surface area (Å²) in [5.74, 6) is 1.07. The number of anilines is 2. The SMILES string of the molecule is CCC1CCCCN1C(=O)c1ccnc(Nc2ccccc2OC)n1. The molecule has 3 rings (SSSR count). The first kappa shape index (κ1) is 17.2. The monoisotopic (exact) mass is 340 g/mol. The maximum absolute atomic E-state index is 12.9. The molecule has 0 radical (unpaired) electrons. The van der Waals surface area contributed by atoms with Crippen LogP contribution in [0.5, 0.6) is 5.75 Å². The van der Waals surface area contributed by atoms with Crippen LogP contribution < -0.4 is 10.1 Å². The number of aromatic nitrogens is 2. The normalized spacial score (nSPS) is 17.2. The Morgan fingerprint density at radius 1 is 1.32 bits per heavy atom. The number of hydrogen-bond donors (Lipinski definition) is 1. The molecule has 1 atom stereocenters. The van der Waals surface area contributed by atoms with Crippen LogP contribution in [0, 0.1) is 0 Å². The zero-order chi connectivity index (χ0) is 17.6. The van der Waals surface area contributed by atoms with E-state index in [1.165, 1.54) is 6.42 Å². The van der Waals surface area contributed by atoms with Gasteiger partial charge in [-0.2, -0.15) is 0 Å². The average molecular weight is 340 g/mol. The van der Waals surface area contributed by atoms with Gasteiger partial charge in [-0.1, -0.05) is 19.1 Å². The van der Waals surface area contributed by atoms with Gasteiger partial charge in [-0.05, 0) is 43.9 Å². The molecular formula is C19H24N4O2. The van der Waals surface area contributed by atoms with Crippen molar-refractivity contribution in [2.45, 2.75) is 38.6 Å². The van der Waals surface area contributed by atoms with Gasteiger partial charge in [0.05, 0.1) is 12.8 Å². The number of carbonyl (C=O) groups excluding carboxylic acids is 1. The van der Waals surface area contributed by atoms with Gasteiger partial charge in [-0.3, -0.25) is 4.79 Å². The number of amides is 1. The van der Waals surface area contributed by atoms with Crippen LogP contribution in [0.15, 0.2) is 36.5 Å². The Hall–Kier alpha value is -2.63. The number of nitrogens with one attached hydrogen (secondary N) is 1. The van der Waals surface area contributed by atoms with Crippen LogP contribution in [0.3, 0.4) is 0 Å². The maximum atomic E-state index is 12.9. The molecule has 0 saturated carbocycles. The lowest BCUT2D eigenvalue weighted by molar-refractivity contribution is 0.0602. The van der Waals surface area contributed by atoms with Crippen molar-refractivity contribution in [1.29, 1.82) is 0 Å². The maximum Gasteiger partial charge on any atom is 0.272 e. The minimum atomic E-state index is -0.0166. The summed E-state index contributed by atoms with van der Waals surface area (Å²) >= 11 is 0. The number of likely N-dealkylation sites (tertiary alicyclic amines) is 1. The molecule has 25 heavy (non-hydrogen) atoms. The number of hydrogen-bond acceptors (Lipinski definition) is 5. The second kappa shape index (κ2) is 7.96. The van der Waals surface area contributed by atoms with Crippen LogP contribution in [0.1, 0.15) is 43.1 Å². The first-order chi connectivity index (χ1) is 12.2. The largest absolute Gasteiger partial charge is 0.495 e. The molecule has 1 amide bonds. The van der Waals surface area contributed by atoms with Crippen LogP contribution in [0.2, 0.25) is 0 Å². The van der Waals surface area contributed by atoms with Crippen LogP contribution >= 0.6 is 0 Å². The molecule has 1 saturated heterocycles. The molecule has 6 heteroatoms. The molecule has 1 fully saturated rings. The molecule has 1 unspecified atom stereocenters. The zero-order valence-corrected chi connectivity index (χ0v) is 14.7. The summed E-state index contributed by atoms with van der Waals surface area (Å²) in [6, 6.07) is 9.52. The van der Waals surface area contributed by atoms with Gasteiger partial charge in [-0.25, -0.2) is 9.97 Å². The number of methoxy groups -OCH3 is 1. The van der Waals surface area contributed by atoms with E-state index in [-0.39, 0.29) is 5.91 Å². The van der Waals surface area contributed by atoms with Gasteiger partial charge >= 0.3 is 0 Å². The smallest absolute Gasteiger partial charge is 0.272 e. The molecule has 0 spiro atoms. The van der Waals surface area contributed by atoms with Gasteiger partial charge < -0.3 is 15.0 Å². The van der Waals surface area contributed by atoms with Crippen molar-refractivity contribution in [3.05, 3.63) is 42.2 Å². The van der Waals surface area contributed by atoms with Crippen molar-refractivity contribution in [3.63, 3.8) is 0 Å². The molecule has 1 aromatic carbocycles. The van der Waals surface area contributed by atoms with Crippen LogP contribution in [-0.4, -0.2) is 40.5 Å². The Balaban J connectivity index is 1.80. The van der Waals surface area contributed by atoms with Crippen molar-refractivity contribution in [3.8, 4) is 5.75 Å². The Morgan fingerprint density at radius 3 is 2.96 bits per heavy atom. The number of benzene rings is 1. The van der Waals surface area contributed by atoms with Crippen molar-refractivity contribution in [2.75, 3.05) is 19.0 Å². The topological polar surface area (TPSA) is 67.4 Å². The van der Waals surface area contributed by atoms with E-state index in [4.69, 9.17) is 4.74 Å². The predicted octanol–water partition coefficient (Wildman–Crippen LogP) is 3.63. The number of nitrogens with zero attached hydrogens (tertiary/aromatic N) is 3. The molecule has 2 aromatic rings. The molecule has 2 heterocycles. The molecule has 132 valence electrons. The third kappa shape index (κ3) is 3.90. The molecule has 0 bridgehead atoms. The molecule has 1 aliphatic rings. The molecule has 1 aromatic heterocycles. The summed E-state index contributed by atoms with van der Waals surface area (Å²) in [6.07, 6.45) is 5.90. The first-order valence-corrected chi connectivity index (χ1v) is 8.77. The van der Waals surface area contributed by atoms with E-state index < -0.39 is 0 Å². The quantitative estimate of drug-likeness (QED) is 0.900. The van der Waals surface area contributed by atoms with Gasteiger partial charge in [0.25, 0.3) is 5.91 Å². The van der Waals surface area contributed by atoms with E-state index in [0.717, 1.165) is 31.5 Å². The zero-order valence-electron chi connectivity index (χ0n) is 14.7. The highest BCUT2D eigenvalue weighted by molar-refractivity contribution is 5.92. The fraction of sp³-hybridized carbons (Fsp3) is 0.421. The summed E-state index contributed by atoms with van der Waals surface area (Å²) in [5.41, 5.74) is 1.19. The van der Waals surface area contributed by atoms with Gasteiger partial charge in [0.2, 0.25) is 5.95 Å². The van der Waals surface area contributed by atoms with E-state index in [9.17, 15) is 4.79 Å². The minimum absolute atomic E-state index is 0.0166. The Labute approximate surface area is 148 Å². The standard InChI is InChI=1S/C19H24N4O2/c1-3-14-8-6-7-13-23(14)18(24)16-11-12-20-19(22-16)21-15-9-4-5-10-17(15)25-2/h4-5,9-12,14H,3,6-8,13H2,1-2H3,(H,20,21,22). The second-order valence-corrected chi connectivity index (χ2v) is 6.15. The third-order valence-electron chi connectivity index (χ3n) is 4.59. The van der Waals surface area contributed by atoms with E-state index in [1.54, 1.807) is 19.4 Å². The van der Waals surface area contributed by atoms with Gasteiger partial charge in [0.15, 0.2) is 0 Å². The van der Waals surface area contributed by atoms with Crippen molar-refractivity contribution in [2.24, 2.45) is 0 Å². The highest BCUT2D eigenvalue weighted by Gasteiger charge is 2.27. The number of para-hydroxylation sites is 2. The van der Waals surface area contributed by atoms with Crippen molar-refractivity contribution >= 4 is 17.5 Å². The Kier molecular flexibility index (Phi) is 5.48. The lowest BCUT2D eigenvalue weighted by Gasteiger charge is -2.35. The molecule has 1 aliphatic heterocycles. The predicted molar refractivity (Wildman–Crippen MR) is 97.3 cm³/mol. The second-order valence-electron chi connectivity index (χ2n) is 6.15. The highest BCUT2D eigenvalue weighted by atomic mass is 16.5. The summed E-state index contributed by atoms with van der Waals surface area (Å²) in [6.45, 7) is 2.93. The molecular weight excluding hydrogens is 316 g/mol. The fourth-order valence-electron chi connectivity index (χ4n) is 3.25. The van der Waals surface area contributed by atoms with E-state index in [1.807, 2.05) is 29.2 Å².